The highest BCUT2D eigenvalue weighted by molar-refractivity contribution is 5.94. The number of carboxylic acids is 1. The molecule has 3 heterocycles. The number of hydrogen-bond donors (Lipinski definition) is 2. The third-order valence-corrected chi connectivity index (χ3v) is 6.50. The first-order chi connectivity index (χ1) is 17.9. The Hall–Kier alpha value is -4.31. The minimum absolute atomic E-state index is 0.0429. The maximum absolute atomic E-state index is 15.4. The fourth-order valence-corrected chi connectivity index (χ4v) is 4.69. The summed E-state index contributed by atoms with van der Waals surface area (Å²) in [6.07, 6.45) is 4.18. The molecule has 0 spiro atoms. The Morgan fingerprint density at radius 1 is 1.11 bits per heavy atom. The van der Waals surface area contributed by atoms with Crippen molar-refractivity contribution in [1.82, 2.24) is 9.55 Å². The summed E-state index contributed by atoms with van der Waals surface area (Å²) in [6, 6.07) is 11.6. The van der Waals surface area contributed by atoms with Gasteiger partial charge in [-0.1, -0.05) is 12.1 Å². The van der Waals surface area contributed by atoms with Crippen LogP contribution in [0.25, 0.3) is 16.6 Å². The topological polar surface area (TPSA) is 105 Å². The van der Waals surface area contributed by atoms with Gasteiger partial charge in [-0.05, 0) is 48.7 Å². The third-order valence-electron chi connectivity index (χ3n) is 6.50. The molecule has 2 aromatic heterocycles. The van der Waals surface area contributed by atoms with Crippen LogP contribution in [-0.4, -0.2) is 44.9 Å². The lowest BCUT2D eigenvalue weighted by Crippen LogP contribution is -2.35. The highest BCUT2D eigenvalue weighted by Gasteiger charge is 2.29. The van der Waals surface area contributed by atoms with Crippen LogP contribution >= 0.6 is 0 Å². The molecule has 1 fully saturated rings. The number of pyridine rings is 2. The standard InChI is InChI=1S/C27H23F2N3O5/c28-20-10-16(14-33)6-7-22(20)32-13-19(27(35)36)26(34)18-11-21(29)24(12-23(18)32)31-9-3-4-17(31)15-37-25-5-1-2-8-30-25/h1-2,5-8,10-13,17,33H,3-4,9,14-15H2,(H,35,36)/t17-/m1/s1. The quantitative estimate of drug-likeness (QED) is 0.391. The van der Waals surface area contributed by atoms with Gasteiger partial charge >= 0.3 is 5.97 Å². The average Bonchev–Trinajstić information content (AvgIpc) is 3.36. The van der Waals surface area contributed by atoms with Crippen LogP contribution in [-0.2, 0) is 6.61 Å². The summed E-state index contributed by atoms with van der Waals surface area (Å²) >= 11 is 0. The fourth-order valence-electron chi connectivity index (χ4n) is 4.69. The molecule has 1 saturated heterocycles. The van der Waals surface area contributed by atoms with Gasteiger partial charge in [0.25, 0.3) is 0 Å². The highest BCUT2D eigenvalue weighted by atomic mass is 19.1. The Labute approximate surface area is 210 Å². The summed E-state index contributed by atoms with van der Waals surface area (Å²) in [4.78, 5) is 30.7. The molecule has 0 aliphatic carbocycles. The molecule has 10 heteroatoms. The van der Waals surface area contributed by atoms with Gasteiger partial charge in [0.05, 0.1) is 29.5 Å². The number of fused-ring (bicyclic) bond motifs is 1. The van der Waals surface area contributed by atoms with Gasteiger partial charge in [0.2, 0.25) is 11.3 Å². The van der Waals surface area contributed by atoms with Crippen LogP contribution in [0.4, 0.5) is 14.5 Å². The van der Waals surface area contributed by atoms with Crippen molar-refractivity contribution in [3.05, 3.63) is 93.9 Å². The van der Waals surface area contributed by atoms with Crippen LogP contribution in [0.15, 0.2) is 65.7 Å². The third kappa shape index (κ3) is 4.63. The van der Waals surface area contributed by atoms with Crippen molar-refractivity contribution < 1.29 is 28.5 Å². The van der Waals surface area contributed by atoms with Crippen LogP contribution in [0.2, 0.25) is 0 Å². The molecular formula is C27H23F2N3O5. The van der Waals surface area contributed by atoms with Gasteiger partial charge in [-0.25, -0.2) is 18.6 Å². The Kier molecular flexibility index (Phi) is 6.58. The second-order valence-electron chi connectivity index (χ2n) is 8.78. The summed E-state index contributed by atoms with van der Waals surface area (Å²) in [6.45, 7) is 0.418. The van der Waals surface area contributed by atoms with E-state index in [0.29, 0.717) is 18.0 Å². The summed E-state index contributed by atoms with van der Waals surface area (Å²) in [5.74, 6) is -2.49. The molecule has 5 rings (SSSR count). The van der Waals surface area contributed by atoms with E-state index in [2.05, 4.69) is 4.98 Å². The fraction of sp³-hybridized carbons (Fsp3) is 0.222. The summed E-state index contributed by atoms with van der Waals surface area (Å²) in [5.41, 5.74) is -0.856. The average molecular weight is 507 g/mol. The summed E-state index contributed by atoms with van der Waals surface area (Å²) < 4.78 is 37.5. The van der Waals surface area contributed by atoms with Crippen molar-refractivity contribution in [1.29, 1.82) is 0 Å². The zero-order valence-electron chi connectivity index (χ0n) is 19.6. The maximum Gasteiger partial charge on any atom is 0.341 e. The SMILES string of the molecule is O=C(O)c1cn(-c2ccc(CO)cc2F)c2cc(N3CCC[C@@H]3COc3ccccn3)c(F)cc2c1=O. The van der Waals surface area contributed by atoms with Crippen molar-refractivity contribution in [2.24, 2.45) is 0 Å². The molecule has 0 radical (unpaired) electrons. The number of carbonyl (C=O) groups is 1. The van der Waals surface area contributed by atoms with Gasteiger partial charge in [-0.15, -0.1) is 0 Å². The molecule has 4 aromatic rings. The van der Waals surface area contributed by atoms with E-state index in [1.165, 1.54) is 22.8 Å². The number of benzene rings is 2. The number of hydrogen-bond acceptors (Lipinski definition) is 6. The molecule has 1 aliphatic rings. The number of ether oxygens (including phenoxy) is 1. The molecule has 2 aromatic carbocycles. The highest BCUT2D eigenvalue weighted by Crippen LogP contribution is 2.32. The normalized spacial score (nSPS) is 15.3. The number of aliphatic hydroxyl groups is 1. The van der Waals surface area contributed by atoms with Crippen LogP contribution in [0.5, 0.6) is 5.88 Å². The van der Waals surface area contributed by atoms with Gasteiger partial charge < -0.3 is 24.4 Å². The predicted octanol–water partition coefficient (Wildman–Crippen LogP) is 3.90. The van der Waals surface area contributed by atoms with Gasteiger partial charge in [0.15, 0.2) is 0 Å². The Bertz CT molecular complexity index is 1540. The van der Waals surface area contributed by atoms with Crippen molar-refractivity contribution in [2.45, 2.75) is 25.5 Å². The number of halogens is 2. The Balaban J connectivity index is 1.62. The summed E-state index contributed by atoms with van der Waals surface area (Å²) in [7, 11) is 0. The monoisotopic (exact) mass is 507 g/mol. The summed E-state index contributed by atoms with van der Waals surface area (Å²) in [5, 5.41) is 18.7. The molecule has 1 aliphatic heterocycles. The van der Waals surface area contributed by atoms with Crippen LogP contribution in [0, 0.1) is 11.6 Å². The molecule has 37 heavy (non-hydrogen) atoms. The number of carboxylic acid groups (broad SMARTS) is 1. The lowest BCUT2D eigenvalue weighted by atomic mass is 10.1. The van der Waals surface area contributed by atoms with Gasteiger partial charge in [-0.2, -0.15) is 0 Å². The van der Waals surface area contributed by atoms with E-state index < -0.39 is 28.6 Å². The molecule has 8 nitrogen and oxygen atoms in total. The zero-order valence-corrected chi connectivity index (χ0v) is 19.6. The number of nitrogens with zero attached hydrogens (tertiary/aromatic N) is 3. The van der Waals surface area contributed by atoms with Crippen molar-refractivity contribution in [3.8, 4) is 11.6 Å². The number of aromatic carboxylic acids is 1. The molecule has 2 N–H and O–H groups in total. The molecule has 0 saturated carbocycles. The van der Waals surface area contributed by atoms with Crippen molar-refractivity contribution in [2.75, 3.05) is 18.1 Å². The molecular weight excluding hydrogens is 484 g/mol. The van der Waals surface area contributed by atoms with E-state index in [1.807, 2.05) is 4.90 Å². The molecule has 0 bridgehead atoms. The van der Waals surface area contributed by atoms with E-state index in [1.54, 1.807) is 24.4 Å². The first kappa shape index (κ1) is 24.4. The molecule has 0 unspecified atom stereocenters. The van der Waals surface area contributed by atoms with Crippen molar-refractivity contribution >= 4 is 22.6 Å². The van der Waals surface area contributed by atoms with Gasteiger partial charge in [0.1, 0.15) is 23.8 Å². The maximum atomic E-state index is 15.4. The zero-order chi connectivity index (χ0) is 26.1. The largest absolute Gasteiger partial charge is 0.477 e. The van der Waals surface area contributed by atoms with Gasteiger partial charge in [0, 0.05) is 30.4 Å². The van der Waals surface area contributed by atoms with Crippen LogP contribution in [0.3, 0.4) is 0 Å². The van der Waals surface area contributed by atoms with Crippen molar-refractivity contribution in [3.63, 3.8) is 0 Å². The number of rotatable bonds is 7. The van der Waals surface area contributed by atoms with E-state index in [4.69, 9.17) is 4.74 Å². The smallest absolute Gasteiger partial charge is 0.341 e. The van der Waals surface area contributed by atoms with E-state index in [0.717, 1.165) is 31.2 Å². The minimum Gasteiger partial charge on any atom is -0.477 e. The van der Waals surface area contributed by atoms with E-state index in [-0.39, 0.29) is 41.5 Å². The lowest BCUT2D eigenvalue weighted by molar-refractivity contribution is 0.0695. The van der Waals surface area contributed by atoms with Crippen LogP contribution < -0.4 is 15.1 Å². The van der Waals surface area contributed by atoms with Gasteiger partial charge in [-0.3, -0.25) is 4.79 Å². The number of aromatic nitrogens is 2. The Morgan fingerprint density at radius 3 is 2.62 bits per heavy atom. The van der Waals surface area contributed by atoms with Crippen LogP contribution in [0.1, 0.15) is 28.8 Å². The lowest BCUT2D eigenvalue weighted by Gasteiger charge is -2.27. The predicted molar refractivity (Wildman–Crippen MR) is 132 cm³/mol. The second-order valence-corrected chi connectivity index (χ2v) is 8.78. The Morgan fingerprint density at radius 2 is 1.92 bits per heavy atom. The second kappa shape index (κ2) is 9.98. The van der Waals surface area contributed by atoms with E-state index in [9.17, 15) is 19.8 Å². The molecule has 0 amide bonds. The minimum atomic E-state index is -1.51. The number of anilines is 1. The first-order valence-corrected chi connectivity index (χ1v) is 11.7. The molecule has 190 valence electrons. The number of aliphatic hydroxyl groups excluding tert-OH is 1. The first-order valence-electron chi connectivity index (χ1n) is 11.7. The van der Waals surface area contributed by atoms with E-state index >= 15 is 8.78 Å². The molecule has 1 atom stereocenters.